The zero-order valence-electron chi connectivity index (χ0n) is 13.1. The van der Waals surface area contributed by atoms with Crippen molar-refractivity contribution in [3.05, 3.63) is 35.9 Å². The van der Waals surface area contributed by atoms with Crippen LogP contribution in [0.2, 0.25) is 0 Å². The van der Waals surface area contributed by atoms with E-state index in [1.807, 2.05) is 17.1 Å². The molecule has 21 heavy (non-hydrogen) atoms. The number of hydrogen-bond acceptors (Lipinski definition) is 3. The third kappa shape index (κ3) is 5.52. The molecule has 0 fully saturated rings. The minimum absolute atomic E-state index is 0. The summed E-state index contributed by atoms with van der Waals surface area (Å²) in [6.07, 6.45) is 7.04. The zero-order chi connectivity index (χ0) is 14.4. The fourth-order valence-electron chi connectivity index (χ4n) is 2.20. The maximum absolute atomic E-state index is 4.37. The molecule has 6 heteroatoms. The first-order valence-electron chi connectivity index (χ1n) is 7.41. The summed E-state index contributed by atoms with van der Waals surface area (Å²) in [6, 6.07) is 2.08. The zero-order valence-corrected chi connectivity index (χ0v) is 13.9. The van der Waals surface area contributed by atoms with Crippen LogP contribution >= 0.6 is 12.4 Å². The fraction of sp³-hybridized carbons (Fsp3) is 0.600. The summed E-state index contributed by atoms with van der Waals surface area (Å²) in [4.78, 5) is 0. The number of aryl methyl sites for hydroxylation is 1. The molecule has 0 saturated carbocycles. The maximum Gasteiger partial charge on any atom is 0.0534 e. The topological polar surface area (TPSA) is 47.7 Å². The van der Waals surface area contributed by atoms with Crippen LogP contribution in [-0.4, -0.2) is 19.6 Å². The summed E-state index contributed by atoms with van der Waals surface area (Å²) in [5.74, 6) is 0.612. The second-order valence-corrected chi connectivity index (χ2v) is 5.61. The van der Waals surface area contributed by atoms with Crippen molar-refractivity contribution in [2.45, 2.75) is 53.4 Å². The second-order valence-electron chi connectivity index (χ2n) is 5.61. The van der Waals surface area contributed by atoms with Gasteiger partial charge >= 0.3 is 0 Å². The third-order valence-electron chi connectivity index (χ3n) is 3.12. The molecule has 0 bridgehead atoms. The monoisotopic (exact) mass is 311 g/mol. The van der Waals surface area contributed by atoms with E-state index in [0.717, 1.165) is 32.6 Å². The van der Waals surface area contributed by atoms with Gasteiger partial charge in [-0.1, -0.05) is 20.8 Å². The highest BCUT2D eigenvalue weighted by atomic mass is 35.5. The van der Waals surface area contributed by atoms with Gasteiger partial charge in [-0.05, 0) is 18.4 Å². The lowest BCUT2D eigenvalue weighted by atomic mass is 10.2. The maximum atomic E-state index is 4.37. The van der Waals surface area contributed by atoms with Crippen molar-refractivity contribution >= 4 is 12.4 Å². The highest BCUT2D eigenvalue weighted by Gasteiger charge is 2.04. The molecule has 0 saturated heterocycles. The SMILES string of the molecule is CCCn1cc(CNCc2ccnn2CC(C)C)cn1.Cl. The van der Waals surface area contributed by atoms with Crippen molar-refractivity contribution in [1.82, 2.24) is 24.9 Å². The van der Waals surface area contributed by atoms with Crippen LogP contribution in [0.25, 0.3) is 0 Å². The van der Waals surface area contributed by atoms with Gasteiger partial charge in [0.1, 0.15) is 0 Å². The number of halogens is 1. The van der Waals surface area contributed by atoms with Crippen LogP contribution in [-0.2, 0) is 26.2 Å². The van der Waals surface area contributed by atoms with Gasteiger partial charge in [-0.2, -0.15) is 10.2 Å². The fourth-order valence-corrected chi connectivity index (χ4v) is 2.20. The number of hydrogen-bond donors (Lipinski definition) is 1. The first-order chi connectivity index (χ1) is 9.69. The van der Waals surface area contributed by atoms with Gasteiger partial charge in [0, 0.05) is 44.1 Å². The smallest absolute Gasteiger partial charge is 0.0534 e. The lowest BCUT2D eigenvalue weighted by Gasteiger charge is -2.10. The number of rotatable bonds is 8. The van der Waals surface area contributed by atoms with E-state index in [0.29, 0.717) is 5.92 Å². The Morgan fingerprint density at radius 1 is 1.24 bits per heavy atom. The summed E-state index contributed by atoms with van der Waals surface area (Å²) in [5, 5.41) is 12.2. The van der Waals surface area contributed by atoms with Crippen molar-refractivity contribution in [3.8, 4) is 0 Å². The summed E-state index contributed by atoms with van der Waals surface area (Å²) in [5.41, 5.74) is 2.47. The molecule has 0 aliphatic carbocycles. The summed E-state index contributed by atoms with van der Waals surface area (Å²) in [6.45, 7) is 10.2. The predicted molar refractivity (Wildman–Crippen MR) is 87.4 cm³/mol. The molecule has 0 aliphatic heterocycles. The van der Waals surface area contributed by atoms with Gasteiger partial charge in [-0.25, -0.2) is 0 Å². The molecule has 0 amide bonds. The van der Waals surface area contributed by atoms with Crippen molar-refractivity contribution < 1.29 is 0 Å². The summed E-state index contributed by atoms with van der Waals surface area (Å²) < 4.78 is 4.08. The molecular weight excluding hydrogens is 286 g/mol. The molecule has 2 aromatic heterocycles. The number of nitrogens with zero attached hydrogens (tertiary/aromatic N) is 4. The number of aromatic nitrogens is 4. The second kappa shape index (κ2) is 8.85. The van der Waals surface area contributed by atoms with E-state index in [-0.39, 0.29) is 12.4 Å². The Morgan fingerprint density at radius 3 is 2.76 bits per heavy atom. The first-order valence-corrected chi connectivity index (χ1v) is 7.41. The average Bonchev–Trinajstić information content (AvgIpc) is 3.00. The average molecular weight is 312 g/mol. The summed E-state index contributed by atoms with van der Waals surface area (Å²) >= 11 is 0. The van der Waals surface area contributed by atoms with Crippen LogP contribution in [0.3, 0.4) is 0 Å². The van der Waals surface area contributed by atoms with E-state index in [4.69, 9.17) is 0 Å². The van der Waals surface area contributed by atoms with Gasteiger partial charge in [-0.3, -0.25) is 9.36 Å². The molecule has 2 aromatic rings. The lowest BCUT2D eigenvalue weighted by molar-refractivity contribution is 0.461. The molecule has 2 rings (SSSR count). The molecule has 0 aromatic carbocycles. The molecule has 0 unspecified atom stereocenters. The largest absolute Gasteiger partial charge is 0.307 e. The lowest BCUT2D eigenvalue weighted by Crippen LogP contribution is -2.17. The normalized spacial score (nSPS) is 10.9. The van der Waals surface area contributed by atoms with Crippen LogP contribution in [0.15, 0.2) is 24.7 Å². The van der Waals surface area contributed by atoms with Gasteiger partial charge in [0.2, 0.25) is 0 Å². The van der Waals surface area contributed by atoms with Crippen molar-refractivity contribution in [2.24, 2.45) is 5.92 Å². The van der Waals surface area contributed by atoms with Crippen LogP contribution in [0.1, 0.15) is 38.4 Å². The quantitative estimate of drug-likeness (QED) is 0.815. The van der Waals surface area contributed by atoms with E-state index >= 15 is 0 Å². The molecular formula is C15H26ClN5. The van der Waals surface area contributed by atoms with Gasteiger partial charge in [0.15, 0.2) is 0 Å². The minimum Gasteiger partial charge on any atom is -0.307 e. The van der Waals surface area contributed by atoms with E-state index < -0.39 is 0 Å². The highest BCUT2D eigenvalue weighted by Crippen LogP contribution is 2.05. The number of nitrogens with one attached hydrogen (secondary N) is 1. The van der Waals surface area contributed by atoms with E-state index in [1.165, 1.54) is 11.3 Å². The Morgan fingerprint density at radius 2 is 2.05 bits per heavy atom. The molecule has 118 valence electrons. The molecule has 0 radical (unpaired) electrons. The van der Waals surface area contributed by atoms with Gasteiger partial charge in [-0.15, -0.1) is 12.4 Å². The molecule has 0 aliphatic rings. The molecule has 2 heterocycles. The first kappa shape index (κ1) is 17.7. The highest BCUT2D eigenvalue weighted by molar-refractivity contribution is 5.85. The Hall–Kier alpha value is -1.33. The predicted octanol–water partition coefficient (Wildman–Crippen LogP) is 2.86. The van der Waals surface area contributed by atoms with E-state index in [2.05, 4.69) is 53.2 Å². The Labute approximate surface area is 133 Å². The van der Waals surface area contributed by atoms with Crippen molar-refractivity contribution in [3.63, 3.8) is 0 Å². The van der Waals surface area contributed by atoms with Crippen LogP contribution in [0, 0.1) is 5.92 Å². The minimum atomic E-state index is 0. The van der Waals surface area contributed by atoms with Gasteiger partial charge < -0.3 is 5.32 Å². The standard InChI is InChI=1S/C15H25N5.ClH/c1-4-7-19-12-14(9-18-19)8-16-10-15-5-6-17-20(15)11-13(2)3;/h5-6,9,12-13,16H,4,7-8,10-11H2,1-3H3;1H. The third-order valence-corrected chi connectivity index (χ3v) is 3.12. The summed E-state index contributed by atoms with van der Waals surface area (Å²) in [7, 11) is 0. The molecule has 0 atom stereocenters. The Bertz CT molecular complexity index is 518. The van der Waals surface area contributed by atoms with Crippen LogP contribution in [0.5, 0.6) is 0 Å². The van der Waals surface area contributed by atoms with Gasteiger partial charge in [0.05, 0.1) is 11.9 Å². The van der Waals surface area contributed by atoms with Crippen LogP contribution in [0.4, 0.5) is 0 Å². The molecule has 0 spiro atoms. The molecule has 5 nitrogen and oxygen atoms in total. The van der Waals surface area contributed by atoms with E-state index in [1.54, 1.807) is 0 Å². The Kier molecular flexibility index (Phi) is 7.47. The Balaban J connectivity index is 0.00000220. The van der Waals surface area contributed by atoms with Crippen LogP contribution < -0.4 is 5.32 Å². The molecule has 1 N–H and O–H groups in total. The van der Waals surface area contributed by atoms with E-state index in [9.17, 15) is 0 Å². The van der Waals surface area contributed by atoms with Crippen molar-refractivity contribution in [1.29, 1.82) is 0 Å². The van der Waals surface area contributed by atoms with Crippen molar-refractivity contribution in [2.75, 3.05) is 0 Å². The van der Waals surface area contributed by atoms with Gasteiger partial charge in [0.25, 0.3) is 0 Å².